The second-order valence-electron chi connectivity index (χ2n) is 5.67. The van der Waals surface area contributed by atoms with Crippen molar-refractivity contribution >= 4 is 18.7 Å². The van der Waals surface area contributed by atoms with Gasteiger partial charge in [0.25, 0.3) is 0 Å². The molecule has 1 amide bonds. The fourth-order valence-corrected chi connectivity index (χ4v) is 3.21. The Hall–Kier alpha value is -1.16. The quantitative estimate of drug-likeness (QED) is 0.832. The van der Waals surface area contributed by atoms with Crippen LogP contribution in [0.15, 0.2) is 30.3 Å². The number of rotatable bonds is 4. The maximum Gasteiger partial charge on any atom is 0.407 e. The van der Waals surface area contributed by atoms with Crippen LogP contribution in [0, 0.1) is 11.8 Å². The van der Waals surface area contributed by atoms with E-state index < -0.39 is 0 Å². The van der Waals surface area contributed by atoms with E-state index in [1.54, 1.807) is 0 Å². The molecule has 3 nitrogen and oxygen atoms in total. The third kappa shape index (κ3) is 4.44. The van der Waals surface area contributed by atoms with Crippen LogP contribution in [0.3, 0.4) is 0 Å². The van der Waals surface area contributed by atoms with E-state index in [0.717, 1.165) is 36.5 Å². The van der Waals surface area contributed by atoms with Crippen molar-refractivity contribution in [1.29, 1.82) is 0 Å². The van der Waals surface area contributed by atoms with Crippen molar-refractivity contribution in [2.45, 2.75) is 38.8 Å². The van der Waals surface area contributed by atoms with Gasteiger partial charge < -0.3 is 10.1 Å². The number of nitrogens with one attached hydrogen (secondary N) is 1. The van der Waals surface area contributed by atoms with Crippen LogP contribution in [-0.2, 0) is 11.3 Å². The first-order valence-corrected chi connectivity index (χ1v) is 7.90. The second-order valence-corrected chi connectivity index (χ2v) is 6.04. The smallest absolute Gasteiger partial charge is 0.407 e. The van der Waals surface area contributed by atoms with Gasteiger partial charge in [-0.25, -0.2) is 4.79 Å². The van der Waals surface area contributed by atoms with Gasteiger partial charge in [0, 0.05) is 6.04 Å². The molecule has 0 heterocycles. The average molecular weight is 293 g/mol. The molecule has 0 aliphatic heterocycles. The first-order chi connectivity index (χ1) is 9.69. The SMILES string of the molecule is C[C@@H]1CC[C@H](NC(=O)OCc2ccccc2)[C@H](CS)C1. The van der Waals surface area contributed by atoms with Crippen molar-refractivity contribution in [2.75, 3.05) is 5.75 Å². The zero-order valence-electron chi connectivity index (χ0n) is 11.9. The highest BCUT2D eigenvalue weighted by Crippen LogP contribution is 2.29. The summed E-state index contributed by atoms with van der Waals surface area (Å²) in [6.07, 6.45) is 2.99. The molecule has 1 N–H and O–H groups in total. The first-order valence-electron chi connectivity index (χ1n) is 7.27. The zero-order chi connectivity index (χ0) is 14.4. The maximum atomic E-state index is 11.9. The van der Waals surface area contributed by atoms with Crippen LogP contribution in [0.5, 0.6) is 0 Å². The monoisotopic (exact) mass is 293 g/mol. The molecule has 1 aromatic carbocycles. The van der Waals surface area contributed by atoms with Crippen molar-refractivity contribution in [3.05, 3.63) is 35.9 Å². The van der Waals surface area contributed by atoms with Gasteiger partial charge in [0.05, 0.1) is 0 Å². The molecule has 0 unspecified atom stereocenters. The van der Waals surface area contributed by atoms with Crippen LogP contribution < -0.4 is 5.32 Å². The minimum atomic E-state index is -0.319. The van der Waals surface area contributed by atoms with Gasteiger partial charge in [-0.15, -0.1) is 0 Å². The van der Waals surface area contributed by atoms with E-state index in [4.69, 9.17) is 4.74 Å². The summed E-state index contributed by atoms with van der Waals surface area (Å²) in [5.74, 6) is 1.99. The Bertz CT molecular complexity index is 424. The minimum Gasteiger partial charge on any atom is -0.445 e. The van der Waals surface area contributed by atoms with Gasteiger partial charge in [-0.2, -0.15) is 12.6 Å². The summed E-state index contributed by atoms with van der Waals surface area (Å²) in [6.45, 7) is 2.59. The normalized spacial score (nSPS) is 26.0. The summed E-state index contributed by atoms with van der Waals surface area (Å²) in [5, 5.41) is 3.00. The van der Waals surface area contributed by atoms with Crippen molar-refractivity contribution < 1.29 is 9.53 Å². The van der Waals surface area contributed by atoms with Crippen molar-refractivity contribution in [1.82, 2.24) is 5.32 Å². The Labute approximate surface area is 126 Å². The lowest BCUT2D eigenvalue weighted by molar-refractivity contribution is 0.125. The molecule has 0 aromatic heterocycles. The van der Waals surface area contributed by atoms with Gasteiger partial charge in [-0.1, -0.05) is 37.3 Å². The summed E-state index contributed by atoms with van der Waals surface area (Å²) in [7, 11) is 0. The van der Waals surface area contributed by atoms with E-state index in [9.17, 15) is 4.79 Å². The molecule has 2 rings (SSSR count). The lowest BCUT2D eigenvalue weighted by atomic mass is 9.80. The number of thiol groups is 1. The molecule has 3 atom stereocenters. The first kappa shape index (κ1) is 15.2. The predicted molar refractivity (Wildman–Crippen MR) is 83.9 cm³/mol. The van der Waals surface area contributed by atoms with Gasteiger partial charge in [-0.05, 0) is 42.4 Å². The molecule has 0 radical (unpaired) electrons. The van der Waals surface area contributed by atoms with Gasteiger partial charge in [0.15, 0.2) is 0 Å². The number of alkyl carbamates (subject to hydrolysis) is 1. The molecule has 0 spiro atoms. The standard InChI is InChI=1S/C16H23NO2S/c1-12-7-8-15(14(9-12)11-20)17-16(18)19-10-13-5-3-2-4-6-13/h2-6,12,14-15,20H,7-11H2,1H3,(H,17,18)/t12-,14+,15+/m1/s1. The van der Waals surface area contributed by atoms with Crippen molar-refractivity contribution in [3.8, 4) is 0 Å². The Morgan fingerprint density at radius 1 is 1.35 bits per heavy atom. The van der Waals surface area contributed by atoms with Crippen LogP contribution in [0.2, 0.25) is 0 Å². The van der Waals surface area contributed by atoms with Crippen LogP contribution in [0.4, 0.5) is 4.79 Å². The van der Waals surface area contributed by atoms with Gasteiger partial charge in [-0.3, -0.25) is 0 Å². The topological polar surface area (TPSA) is 38.3 Å². The van der Waals surface area contributed by atoms with Crippen LogP contribution in [0.25, 0.3) is 0 Å². The van der Waals surface area contributed by atoms with Crippen LogP contribution in [-0.4, -0.2) is 17.9 Å². The van der Waals surface area contributed by atoms with Gasteiger partial charge >= 0.3 is 6.09 Å². The molecule has 110 valence electrons. The molecule has 1 fully saturated rings. The molecule has 0 saturated heterocycles. The number of hydrogen-bond acceptors (Lipinski definition) is 3. The van der Waals surface area contributed by atoms with Gasteiger partial charge in [0.1, 0.15) is 6.61 Å². The van der Waals surface area contributed by atoms with Crippen LogP contribution in [0.1, 0.15) is 31.7 Å². The Kier molecular flexibility index (Phi) is 5.77. The summed E-state index contributed by atoms with van der Waals surface area (Å²) < 4.78 is 5.28. The highest BCUT2D eigenvalue weighted by Gasteiger charge is 2.29. The van der Waals surface area contributed by atoms with E-state index in [0.29, 0.717) is 12.5 Å². The van der Waals surface area contributed by atoms with Gasteiger partial charge in [0.2, 0.25) is 0 Å². The number of amides is 1. The summed E-state index contributed by atoms with van der Waals surface area (Å²) in [6, 6.07) is 9.93. The molecule has 1 aliphatic carbocycles. The van der Waals surface area contributed by atoms with E-state index >= 15 is 0 Å². The lowest BCUT2D eigenvalue weighted by Crippen LogP contribution is -2.44. The fourth-order valence-electron chi connectivity index (χ4n) is 2.81. The second kappa shape index (κ2) is 7.58. The van der Waals surface area contributed by atoms with E-state index in [-0.39, 0.29) is 12.1 Å². The molecule has 20 heavy (non-hydrogen) atoms. The third-order valence-electron chi connectivity index (χ3n) is 4.00. The van der Waals surface area contributed by atoms with Crippen molar-refractivity contribution in [2.24, 2.45) is 11.8 Å². The van der Waals surface area contributed by atoms with E-state index in [2.05, 4.69) is 24.9 Å². The Balaban J connectivity index is 1.79. The molecule has 1 aromatic rings. The minimum absolute atomic E-state index is 0.201. The predicted octanol–water partition coefficient (Wildman–Crippen LogP) is 3.65. The van der Waals surface area contributed by atoms with Crippen LogP contribution >= 0.6 is 12.6 Å². The maximum absolute atomic E-state index is 11.9. The van der Waals surface area contributed by atoms with E-state index in [1.165, 1.54) is 0 Å². The highest BCUT2D eigenvalue weighted by atomic mass is 32.1. The molecular formula is C16H23NO2S. The Morgan fingerprint density at radius 2 is 2.10 bits per heavy atom. The summed E-state index contributed by atoms with van der Waals surface area (Å²) in [5.41, 5.74) is 1.01. The molecule has 1 aliphatic rings. The zero-order valence-corrected chi connectivity index (χ0v) is 12.8. The average Bonchev–Trinajstić information content (AvgIpc) is 2.48. The molecular weight excluding hydrogens is 270 g/mol. The largest absolute Gasteiger partial charge is 0.445 e. The summed E-state index contributed by atoms with van der Waals surface area (Å²) in [4.78, 5) is 11.9. The lowest BCUT2D eigenvalue weighted by Gasteiger charge is -2.34. The molecule has 0 bridgehead atoms. The Morgan fingerprint density at radius 3 is 2.80 bits per heavy atom. The third-order valence-corrected chi connectivity index (χ3v) is 4.46. The molecule has 1 saturated carbocycles. The fraction of sp³-hybridized carbons (Fsp3) is 0.562. The highest BCUT2D eigenvalue weighted by molar-refractivity contribution is 7.80. The molecule has 4 heteroatoms. The number of carbonyl (C=O) groups is 1. The van der Waals surface area contributed by atoms with E-state index in [1.807, 2.05) is 30.3 Å². The number of hydrogen-bond donors (Lipinski definition) is 2. The number of ether oxygens (including phenoxy) is 1. The number of benzene rings is 1. The van der Waals surface area contributed by atoms with Crippen molar-refractivity contribution in [3.63, 3.8) is 0 Å². The number of carbonyl (C=O) groups excluding carboxylic acids is 1. The summed E-state index contributed by atoms with van der Waals surface area (Å²) >= 11 is 4.40.